The first kappa shape index (κ1) is 14.3. The maximum atomic E-state index is 11.9. The number of amides is 2. The first-order chi connectivity index (χ1) is 7.91. The summed E-state index contributed by atoms with van der Waals surface area (Å²) in [4.78, 5) is 15.4. The molecule has 1 aliphatic carbocycles. The van der Waals surface area contributed by atoms with E-state index in [1.807, 2.05) is 26.0 Å². The van der Waals surface area contributed by atoms with Gasteiger partial charge in [-0.25, -0.2) is 4.79 Å². The second kappa shape index (κ2) is 6.27. The van der Waals surface area contributed by atoms with Crippen LogP contribution in [0.5, 0.6) is 0 Å². The predicted octanol–water partition coefficient (Wildman–Crippen LogP) is 3.20. The molecule has 0 N–H and O–H groups in total. The molecular weight excluding hydrogens is 212 g/mol. The molecule has 0 aliphatic heterocycles. The van der Waals surface area contributed by atoms with Crippen molar-refractivity contribution in [3.63, 3.8) is 0 Å². The van der Waals surface area contributed by atoms with Crippen molar-refractivity contribution in [1.82, 2.24) is 9.80 Å². The molecule has 0 spiro atoms. The first-order valence-electron chi connectivity index (χ1n) is 6.86. The Morgan fingerprint density at radius 3 is 2.06 bits per heavy atom. The highest BCUT2D eigenvalue weighted by molar-refractivity contribution is 5.73. The van der Waals surface area contributed by atoms with Crippen LogP contribution in [0.1, 0.15) is 46.0 Å². The molecule has 0 atom stereocenters. The summed E-state index contributed by atoms with van der Waals surface area (Å²) in [7, 11) is 5.59. The van der Waals surface area contributed by atoms with E-state index in [1.54, 1.807) is 4.90 Å². The van der Waals surface area contributed by atoms with Crippen molar-refractivity contribution in [2.45, 2.75) is 52.0 Å². The Morgan fingerprint density at radius 2 is 1.65 bits per heavy atom. The summed E-state index contributed by atoms with van der Waals surface area (Å²) in [5.41, 5.74) is 0. The van der Waals surface area contributed by atoms with Gasteiger partial charge in [-0.2, -0.15) is 0 Å². The van der Waals surface area contributed by atoms with Crippen molar-refractivity contribution in [2.24, 2.45) is 11.8 Å². The van der Waals surface area contributed by atoms with Crippen LogP contribution in [0.3, 0.4) is 0 Å². The molecule has 1 aliphatic rings. The molecule has 0 aromatic heterocycles. The van der Waals surface area contributed by atoms with E-state index >= 15 is 0 Å². The van der Waals surface area contributed by atoms with Gasteiger partial charge in [0.1, 0.15) is 0 Å². The average Bonchev–Trinajstić information content (AvgIpc) is 2.27. The molecule has 0 aromatic carbocycles. The Morgan fingerprint density at radius 1 is 1.12 bits per heavy atom. The molecule has 0 aromatic rings. The van der Waals surface area contributed by atoms with Gasteiger partial charge in [0.25, 0.3) is 0 Å². The number of carbonyl (C=O) groups excluding carboxylic acids is 1. The van der Waals surface area contributed by atoms with Crippen LogP contribution in [-0.4, -0.2) is 43.0 Å². The van der Waals surface area contributed by atoms with Crippen molar-refractivity contribution in [1.29, 1.82) is 0 Å². The summed E-state index contributed by atoms with van der Waals surface area (Å²) in [5.74, 6) is 1.69. The number of carbonyl (C=O) groups is 1. The molecule has 2 amide bonds. The third kappa shape index (κ3) is 4.21. The monoisotopic (exact) mass is 240 g/mol. The fourth-order valence-electron chi connectivity index (χ4n) is 2.91. The van der Waals surface area contributed by atoms with Crippen molar-refractivity contribution in [2.75, 3.05) is 21.1 Å². The lowest BCUT2D eigenvalue weighted by Crippen LogP contribution is -2.44. The third-order valence-electron chi connectivity index (χ3n) is 3.85. The smallest absolute Gasteiger partial charge is 0.319 e. The number of urea groups is 1. The topological polar surface area (TPSA) is 23.6 Å². The van der Waals surface area contributed by atoms with Crippen LogP contribution in [0, 0.1) is 11.8 Å². The van der Waals surface area contributed by atoms with Crippen LogP contribution in [0.15, 0.2) is 0 Å². The number of nitrogens with zero attached hydrogens (tertiary/aromatic N) is 2. The first-order valence-corrected chi connectivity index (χ1v) is 6.86. The van der Waals surface area contributed by atoms with E-state index in [4.69, 9.17) is 0 Å². The third-order valence-corrected chi connectivity index (χ3v) is 3.85. The molecule has 0 heterocycles. The molecule has 3 nitrogen and oxygen atoms in total. The minimum absolute atomic E-state index is 0.136. The molecule has 17 heavy (non-hydrogen) atoms. The highest BCUT2D eigenvalue weighted by Gasteiger charge is 2.27. The molecule has 1 saturated carbocycles. The Kier molecular flexibility index (Phi) is 5.29. The Hall–Kier alpha value is -0.730. The van der Waals surface area contributed by atoms with Crippen molar-refractivity contribution < 1.29 is 4.79 Å². The van der Waals surface area contributed by atoms with Crippen molar-refractivity contribution in [3.8, 4) is 0 Å². The summed E-state index contributed by atoms with van der Waals surface area (Å²) >= 11 is 0. The maximum absolute atomic E-state index is 11.9. The quantitative estimate of drug-likeness (QED) is 0.743. The van der Waals surface area contributed by atoms with Crippen LogP contribution >= 0.6 is 0 Å². The van der Waals surface area contributed by atoms with Crippen molar-refractivity contribution in [3.05, 3.63) is 0 Å². The van der Waals surface area contributed by atoms with E-state index < -0.39 is 0 Å². The van der Waals surface area contributed by atoms with Gasteiger partial charge in [-0.3, -0.25) is 0 Å². The molecule has 0 bridgehead atoms. The van der Waals surface area contributed by atoms with Crippen LogP contribution in [0.4, 0.5) is 4.79 Å². The summed E-state index contributed by atoms with van der Waals surface area (Å²) < 4.78 is 0. The normalized spacial score (nSPS) is 24.8. The largest absolute Gasteiger partial charge is 0.331 e. The predicted molar refractivity (Wildman–Crippen MR) is 72.0 cm³/mol. The van der Waals surface area contributed by atoms with Crippen LogP contribution < -0.4 is 0 Å². The van der Waals surface area contributed by atoms with Gasteiger partial charge in [-0.1, -0.05) is 13.8 Å². The molecule has 1 rings (SSSR count). The summed E-state index contributed by atoms with van der Waals surface area (Å²) in [6, 6.07) is 0.589. The van der Waals surface area contributed by atoms with Gasteiger partial charge in [-0.15, -0.1) is 0 Å². The molecule has 0 saturated heterocycles. The zero-order chi connectivity index (χ0) is 13.0. The average molecular weight is 240 g/mol. The lowest BCUT2D eigenvalue weighted by atomic mass is 9.81. The molecule has 1 fully saturated rings. The Bertz CT molecular complexity index is 243. The van der Waals surface area contributed by atoms with Crippen LogP contribution in [-0.2, 0) is 0 Å². The van der Waals surface area contributed by atoms with Gasteiger partial charge in [-0.05, 0) is 43.9 Å². The molecule has 100 valence electrons. The van der Waals surface area contributed by atoms with E-state index in [0.29, 0.717) is 6.04 Å². The molecule has 3 heteroatoms. The van der Waals surface area contributed by atoms with Gasteiger partial charge in [0, 0.05) is 27.2 Å². The van der Waals surface area contributed by atoms with E-state index in [0.717, 1.165) is 11.8 Å². The van der Waals surface area contributed by atoms with Crippen molar-refractivity contribution >= 4 is 6.03 Å². The fourth-order valence-corrected chi connectivity index (χ4v) is 2.91. The number of hydrogen-bond acceptors (Lipinski definition) is 1. The minimum atomic E-state index is 0.136. The van der Waals surface area contributed by atoms with Crippen LogP contribution in [0.25, 0.3) is 0 Å². The summed E-state index contributed by atoms with van der Waals surface area (Å²) in [6.45, 7) is 4.60. The van der Waals surface area contributed by atoms with Gasteiger partial charge < -0.3 is 9.80 Å². The molecule has 0 radical (unpaired) electrons. The fraction of sp³-hybridized carbons (Fsp3) is 0.929. The van der Waals surface area contributed by atoms with Gasteiger partial charge in [0.2, 0.25) is 0 Å². The SMILES string of the molecule is CC(C)C[C@H]1CC[C@@H](N(C)C(=O)N(C)C)CC1. The second-order valence-electron chi connectivity index (χ2n) is 6.09. The minimum Gasteiger partial charge on any atom is -0.331 e. The summed E-state index contributed by atoms with van der Waals surface area (Å²) in [6.07, 6.45) is 6.26. The molecule has 0 unspecified atom stereocenters. The highest BCUT2D eigenvalue weighted by atomic mass is 16.2. The summed E-state index contributed by atoms with van der Waals surface area (Å²) in [5, 5.41) is 0. The lowest BCUT2D eigenvalue weighted by molar-refractivity contribution is 0.136. The lowest BCUT2D eigenvalue weighted by Gasteiger charge is -2.36. The number of rotatable bonds is 3. The Balaban J connectivity index is 2.38. The highest BCUT2D eigenvalue weighted by Crippen LogP contribution is 2.31. The van der Waals surface area contributed by atoms with Crippen LogP contribution in [0.2, 0.25) is 0 Å². The molecular formula is C14H28N2O. The second-order valence-corrected chi connectivity index (χ2v) is 6.09. The van der Waals surface area contributed by atoms with Gasteiger partial charge in [0.05, 0.1) is 0 Å². The van der Waals surface area contributed by atoms with E-state index in [9.17, 15) is 4.79 Å². The van der Waals surface area contributed by atoms with Gasteiger partial charge >= 0.3 is 6.03 Å². The zero-order valence-electron chi connectivity index (χ0n) is 12.1. The van der Waals surface area contributed by atoms with E-state index in [2.05, 4.69) is 13.8 Å². The van der Waals surface area contributed by atoms with E-state index in [1.165, 1.54) is 32.1 Å². The van der Waals surface area contributed by atoms with E-state index in [-0.39, 0.29) is 6.03 Å². The van der Waals surface area contributed by atoms with Gasteiger partial charge in [0.15, 0.2) is 0 Å². The Labute approximate surface area is 106 Å². The maximum Gasteiger partial charge on any atom is 0.319 e. The number of hydrogen-bond donors (Lipinski definition) is 0. The standard InChI is InChI=1S/C14H28N2O/c1-11(2)10-12-6-8-13(9-7-12)16(5)14(17)15(3)4/h11-13H,6-10H2,1-5H3/t12-,13+. The zero-order valence-corrected chi connectivity index (χ0v) is 12.1.